The number of nitrogens with one attached hydrogen (secondary N) is 1. The number of ether oxygens (including phenoxy) is 1. The predicted molar refractivity (Wildman–Crippen MR) is 75.1 cm³/mol. The normalized spacial score (nSPS) is 23.4. The summed E-state index contributed by atoms with van der Waals surface area (Å²) in [7, 11) is 0. The molecule has 0 spiro atoms. The smallest absolute Gasteiger partial charge is 0.194 e. The van der Waals surface area contributed by atoms with Crippen molar-refractivity contribution in [2.75, 3.05) is 19.7 Å². The molecule has 1 aliphatic rings. The maximum absolute atomic E-state index is 5.83. The molecule has 1 aliphatic heterocycles. The summed E-state index contributed by atoms with van der Waals surface area (Å²) in [6.45, 7) is 9.44. The first kappa shape index (κ1) is 14.5. The number of hydrogen-bond acceptors (Lipinski definition) is 4. The predicted octanol–water partition coefficient (Wildman–Crippen LogP) is 2.88. The first-order valence-corrected chi connectivity index (χ1v) is 7.40. The summed E-state index contributed by atoms with van der Waals surface area (Å²) < 4.78 is 11.6. The molecule has 19 heavy (non-hydrogen) atoms. The van der Waals surface area contributed by atoms with Crippen LogP contribution in [-0.4, -0.2) is 24.7 Å². The van der Waals surface area contributed by atoms with E-state index in [4.69, 9.17) is 9.15 Å². The molecule has 1 N–H and O–H groups in total. The minimum absolute atomic E-state index is 0.249. The molecule has 0 aromatic carbocycles. The Balaban J connectivity index is 1.75. The van der Waals surface area contributed by atoms with Crippen LogP contribution in [0.3, 0.4) is 0 Å². The van der Waals surface area contributed by atoms with Crippen molar-refractivity contribution in [2.24, 2.45) is 5.92 Å². The first-order valence-electron chi connectivity index (χ1n) is 7.40. The summed E-state index contributed by atoms with van der Waals surface area (Å²) in [6.07, 6.45) is 5.91. The average molecular weight is 266 g/mol. The minimum atomic E-state index is -0.249. The lowest BCUT2D eigenvalue weighted by Crippen LogP contribution is -2.21. The highest BCUT2D eigenvalue weighted by Gasteiger charge is 2.35. The molecule has 0 saturated carbocycles. The second kappa shape index (κ2) is 6.53. The largest absolute Gasteiger partial charge is 0.443 e. The summed E-state index contributed by atoms with van der Waals surface area (Å²) in [4.78, 5) is 4.36. The van der Waals surface area contributed by atoms with E-state index in [1.807, 2.05) is 6.20 Å². The maximum Gasteiger partial charge on any atom is 0.194 e. The lowest BCUT2D eigenvalue weighted by Gasteiger charge is -2.19. The van der Waals surface area contributed by atoms with Gasteiger partial charge in [0.25, 0.3) is 0 Å². The molecule has 1 atom stereocenters. The second-order valence-electron chi connectivity index (χ2n) is 6.00. The molecule has 0 aliphatic carbocycles. The van der Waals surface area contributed by atoms with Gasteiger partial charge in [0.1, 0.15) is 5.60 Å². The summed E-state index contributed by atoms with van der Waals surface area (Å²) in [5, 5.41) is 3.43. The van der Waals surface area contributed by atoms with E-state index in [0.717, 1.165) is 57.0 Å². The Morgan fingerprint density at radius 2 is 2.32 bits per heavy atom. The molecule has 1 saturated heterocycles. The maximum atomic E-state index is 5.83. The summed E-state index contributed by atoms with van der Waals surface area (Å²) >= 11 is 0. The minimum Gasteiger partial charge on any atom is -0.443 e. The van der Waals surface area contributed by atoms with E-state index < -0.39 is 0 Å². The molecule has 4 heteroatoms. The molecular weight excluding hydrogens is 240 g/mol. The van der Waals surface area contributed by atoms with Crippen LogP contribution in [0.2, 0.25) is 0 Å². The fourth-order valence-electron chi connectivity index (χ4n) is 2.40. The molecule has 1 aromatic heterocycles. The highest BCUT2D eigenvalue weighted by Crippen LogP contribution is 2.35. The van der Waals surface area contributed by atoms with Gasteiger partial charge in [0.15, 0.2) is 11.7 Å². The molecule has 0 amide bonds. The van der Waals surface area contributed by atoms with Gasteiger partial charge in [-0.3, -0.25) is 0 Å². The highest BCUT2D eigenvalue weighted by atomic mass is 16.5. The van der Waals surface area contributed by atoms with Gasteiger partial charge < -0.3 is 14.5 Å². The quantitative estimate of drug-likeness (QED) is 0.771. The van der Waals surface area contributed by atoms with Crippen molar-refractivity contribution in [2.45, 2.75) is 52.1 Å². The molecule has 108 valence electrons. The van der Waals surface area contributed by atoms with Crippen molar-refractivity contribution >= 4 is 0 Å². The van der Waals surface area contributed by atoms with Crippen molar-refractivity contribution in [1.29, 1.82) is 0 Å². The van der Waals surface area contributed by atoms with Crippen molar-refractivity contribution in [1.82, 2.24) is 10.3 Å². The van der Waals surface area contributed by atoms with Crippen LogP contribution in [0.1, 0.15) is 51.7 Å². The van der Waals surface area contributed by atoms with Crippen molar-refractivity contribution in [3.63, 3.8) is 0 Å². The van der Waals surface area contributed by atoms with Crippen LogP contribution in [0, 0.1) is 5.92 Å². The van der Waals surface area contributed by atoms with Crippen molar-refractivity contribution in [3.05, 3.63) is 17.8 Å². The number of aromatic nitrogens is 1. The second-order valence-corrected chi connectivity index (χ2v) is 6.00. The highest BCUT2D eigenvalue weighted by molar-refractivity contribution is 5.07. The van der Waals surface area contributed by atoms with E-state index in [-0.39, 0.29) is 5.60 Å². The van der Waals surface area contributed by atoms with Gasteiger partial charge in [-0.2, -0.15) is 0 Å². The van der Waals surface area contributed by atoms with Gasteiger partial charge in [-0.1, -0.05) is 13.8 Å². The molecule has 1 fully saturated rings. The zero-order valence-corrected chi connectivity index (χ0v) is 12.4. The molecule has 2 heterocycles. The molecule has 4 nitrogen and oxygen atoms in total. The summed E-state index contributed by atoms with van der Waals surface area (Å²) in [6, 6.07) is 0. The van der Waals surface area contributed by atoms with E-state index >= 15 is 0 Å². The Labute approximate surface area is 115 Å². The molecule has 0 radical (unpaired) electrons. The number of aryl methyl sites for hydroxylation is 1. The number of nitrogens with zero attached hydrogens (tertiary/aromatic N) is 1. The SMILES string of the molecule is CC(C)CNCCCc1ncc(C2(C)CCCO2)o1. The summed E-state index contributed by atoms with van der Waals surface area (Å²) in [5.74, 6) is 2.42. The average Bonchev–Trinajstić information content (AvgIpc) is 2.98. The topological polar surface area (TPSA) is 47.3 Å². The van der Waals surface area contributed by atoms with E-state index in [9.17, 15) is 0 Å². The van der Waals surface area contributed by atoms with E-state index in [1.54, 1.807) is 0 Å². The van der Waals surface area contributed by atoms with Gasteiger partial charge in [-0.05, 0) is 45.2 Å². The van der Waals surface area contributed by atoms with Gasteiger partial charge in [0, 0.05) is 13.0 Å². The number of hydrogen-bond donors (Lipinski definition) is 1. The van der Waals surface area contributed by atoms with Gasteiger partial charge in [-0.15, -0.1) is 0 Å². The van der Waals surface area contributed by atoms with E-state index in [1.165, 1.54) is 0 Å². The van der Waals surface area contributed by atoms with Gasteiger partial charge in [-0.25, -0.2) is 4.98 Å². The fraction of sp³-hybridized carbons (Fsp3) is 0.800. The van der Waals surface area contributed by atoms with Crippen molar-refractivity contribution in [3.8, 4) is 0 Å². The van der Waals surface area contributed by atoms with Crippen LogP contribution >= 0.6 is 0 Å². The fourth-order valence-corrected chi connectivity index (χ4v) is 2.40. The van der Waals surface area contributed by atoms with Crippen LogP contribution < -0.4 is 5.32 Å². The van der Waals surface area contributed by atoms with Gasteiger partial charge in [0.05, 0.1) is 6.20 Å². The zero-order valence-electron chi connectivity index (χ0n) is 12.4. The third-order valence-electron chi connectivity index (χ3n) is 3.59. The van der Waals surface area contributed by atoms with Gasteiger partial charge >= 0.3 is 0 Å². The molecule has 0 bridgehead atoms. The van der Waals surface area contributed by atoms with Gasteiger partial charge in [0.2, 0.25) is 0 Å². The van der Waals surface area contributed by atoms with Crippen LogP contribution in [-0.2, 0) is 16.8 Å². The van der Waals surface area contributed by atoms with Crippen LogP contribution in [0.5, 0.6) is 0 Å². The lowest BCUT2D eigenvalue weighted by molar-refractivity contribution is -0.00165. The van der Waals surface area contributed by atoms with Crippen LogP contribution in [0.25, 0.3) is 0 Å². The number of rotatable bonds is 7. The van der Waals surface area contributed by atoms with E-state index in [0.29, 0.717) is 5.92 Å². The zero-order chi connectivity index (χ0) is 13.7. The van der Waals surface area contributed by atoms with E-state index in [2.05, 4.69) is 31.1 Å². The molecule has 2 rings (SSSR count). The Bertz CT molecular complexity index is 381. The Kier molecular flexibility index (Phi) is 4.99. The third kappa shape index (κ3) is 4.05. The third-order valence-corrected chi connectivity index (χ3v) is 3.59. The monoisotopic (exact) mass is 266 g/mol. The molecule has 1 aromatic rings. The Morgan fingerprint density at radius 1 is 1.47 bits per heavy atom. The first-order chi connectivity index (χ1) is 9.10. The Morgan fingerprint density at radius 3 is 3.00 bits per heavy atom. The standard InChI is InChI=1S/C15H26N2O2/c1-12(2)10-16-8-4-6-14-17-11-13(19-14)15(3)7-5-9-18-15/h11-12,16H,4-10H2,1-3H3. The lowest BCUT2D eigenvalue weighted by atomic mass is 10.0. The summed E-state index contributed by atoms with van der Waals surface area (Å²) in [5.41, 5.74) is -0.249. The molecule has 1 unspecified atom stereocenters. The van der Waals surface area contributed by atoms with Crippen molar-refractivity contribution < 1.29 is 9.15 Å². The molecular formula is C15H26N2O2. The number of oxazole rings is 1. The Hall–Kier alpha value is -0.870. The van der Waals surface area contributed by atoms with Crippen LogP contribution in [0.15, 0.2) is 10.6 Å². The van der Waals surface area contributed by atoms with Crippen LogP contribution in [0.4, 0.5) is 0 Å².